The molecular weight excluding hydrogens is 236 g/mol. The fourth-order valence-corrected chi connectivity index (χ4v) is 1.74. The summed E-state index contributed by atoms with van der Waals surface area (Å²) in [6.07, 6.45) is 6.86. The van der Waals surface area contributed by atoms with Crippen LogP contribution in [0, 0.1) is 0 Å². The van der Waals surface area contributed by atoms with E-state index in [2.05, 4.69) is 16.7 Å². The molecule has 100 valence electrons. The van der Waals surface area contributed by atoms with Gasteiger partial charge in [-0.2, -0.15) is 0 Å². The number of carboxylic acid groups (broad SMARTS) is 1. The maximum atomic E-state index is 11.4. The van der Waals surface area contributed by atoms with Gasteiger partial charge in [0.2, 0.25) is 5.91 Å². The lowest BCUT2D eigenvalue weighted by Gasteiger charge is -2.19. The van der Waals surface area contributed by atoms with Crippen molar-refractivity contribution in [2.24, 2.45) is 0 Å². The first-order valence-electron chi connectivity index (χ1n) is 6.05. The van der Waals surface area contributed by atoms with E-state index in [1.807, 2.05) is 6.08 Å². The highest BCUT2D eigenvalue weighted by Crippen LogP contribution is 2.10. The number of amides is 3. The second-order valence-electron chi connectivity index (χ2n) is 4.25. The Hall–Kier alpha value is -1.85. The van der Waals surface area contributed by atoms with Crippen molar-refractivity contribution >= 4 is 17.9 Å². The zero-order chi connectivity index (χ0) is 13.4. The van der Waals surface area contributed by atoms with Crippen LogP contribution in [0.5, 0.6) is 0 Å². The number of carbonyl (C=O) groups excluding carboxylic acids is 2. The summed E-state index contributed by atoms with van der Waals surface area (Å²) in [4.78, 5) is 33.0. The Kier molecular flexibility index (Phi) is 5.90. The predicted molar refractivity (Wildman–Crippen MR) is 64.9 cm³/mol. The van der Waals surface area contributed by atoms with Crippen LogP contribution in [0.2, 0.25) is 0 Å². The normalized spacial score (nSPS) is 18.1. The van der Waals surface area contributed by atoms with Crippen LogP contribution in [-0.4, -0.2) is 29.1 Å². The highest BCUT2D eigenvalue weighted by atomic mass is 16.4. The Bertz CT molecular complexity index is 352. The molecule has 0 aromatic heterocycles. The molecule has 6 nitrogen and oxygen atoms in total. The monoisotopic (exact) mass is 254 g/mol. The summed E-state index contributed by atoms with van der Waals surface area (Å²) in [5.74, 6) is -1.39. The summed E-state index contributed by atoms with van der Waals surface area (Å²) in [6, 6.07) is -0.433. The molecule has 0 bridgehead atoms. The molecule has 0 saturated carbocycles. The third kappa shape index (κ3) is 6.03. The van der Waals surface area contributed by atoms with E-state index in [1.165, 1.54) is 0 Å². The average Bonchev–Trinajstić information content (AvgIpc) is 2.29. The number of imide groups is 1. The number of hydrogen-bond donors (Lipinski definition) is 3. The topological polar surface area (TPSA) is 95.5 Å². The van der Waals surface area contributed by atoms with Crippen LogP contribution in [0.3, 0.4) is 0 Å². The molecule has 0 aromatic rings. The van der Waals surface area contributed by atoms with Crippen LogP contribution in [0.4, 0.5) is 4.79 Å². The molecule has 1 aliphatic carbocycles. The number of aliphatic carboxylic acids is 1. The number of rotatable bonds is 5. The summed E-state index contributed by atoms with van der Waals surface area (Å²) in [5.41, 5.74) is 0. The molecule has 0 aliphatic heterocycles. The van der Waals surface area contributed by atoms with Gasteiger partial charge >= 0.3 is 12.0 Å². The van der Waals surface area contributed by atoms with E-state index < -0.39 is 17.9 Å². The number of carboxylic acids is 1. The molecule has 3 N–H and O–H groups in total. The highest BCUT2D eigenvalue weighted by Gasteiger charge is 2.14. The molecule has 1 atom stereocenters. The lowest BCUT2D eigenvalue weighted by Crippen LogP contribution is -2.44. The molecule has 0 aromatic carbocycles. The number of urea groups is 1. The summed E-state index contributed by atoms with van der Waals surface area (Å²) in [6.45, 7) is 0. The SMILES string of the molecule is O=C(O)CCCC(=O)NC(=O)NC1CC=CCC1. The van der Waals surface area contributed by atoms with Gasteiger partial charge in [0.1, 0.15) is 0 Å². The molecule has 1 unspecified atom stereocenters. The summed E-state index contributed by atoms with van der Waals surface area (Å²) < 4.78 is 0. The van der Waals surface area contributed by atoms with Crippen LogP contribution >= 0.6 is 0 Å². The molecule has 0 saturated heterocycles. The van der Waals surface area contributed by atoms with Gasteiger partial charge in [-0.3, -0.25) is 14.9 Å². The molecule has 6 heteroatoms. The first kappa shape index (κ1) is 14.2. The van der Waals surface area contributed by atoms with Crippen molar-refractivity contribution in [2.75, 3.05) is 0 Å². The average molecular weight is 254 g/mol. The Labute approximate surface area is 105 Å². The first-order valence-corrected chi connectivity index (χ1v) is 6.05. The molecule has 18 heavy (non-hydrogen) atoms. The largest absolute Gasteiger partial charge is 0.481 e. The molecule has 0 fully saturated rings. The van der Waals surface area contributed by atoms with Gasteiger partial charge in [0.25, 0.3) is 0 Å². The van der Waals surface area contributed by atoms with E-state index in [0.717, 1.165) is 19.3 Å². The standard InChI is InChI=1S/C12H18N2O4/c15-10(7-4-8-11(16)17)14-12(18)13-9-5-2-1-3-6-9/h1-2,9H,3-8H2,(H,16,17)(H2,13,14,15,18). The minimum atomic E-state index is -0.943. The fourth-order valence-electron chi connectivity index (χ4n) is 1.74. The Morgan fingerprint density at radius 1 is 1.22 bits per heavy atom. The fraction of sp³-hybridized carbons (Fsp3) is 0.583. The van der Waals surface area contributed by atoms with Crippen molar-refractivity contribution in [3.05, 3.63) is 12.2 Å². The van der Waals surface area contributed by atoms with Crippen molar-refractivity contribution in [3.8, 4) is 0 Å². The molecule has 0 heterocycles. The van der Waals surface area contributed by atoms with Crippen molar-refractivity contribution in [1.82, 2.24) is 10.6 Å². The number of nitrogens with one attached hydrogen (secondary N) is 2. The molecule has 0 spiro atoms. The molecule has 3 amide bonds. The molecule has 1 aliphatic rings. The minimum Gasteiger partial charge on any atom is -0.481 e. The summed E-state index contributed by atoms with van der Waals surface area (Å²) >= 11 is 0. The van der Waals surface area contributed by atoms with Gasteiger partial charge in [0.15, 0.2) is 0 Å². The summed E-state index contributed by atoms with van der Waals surface area (Å²) in [7, 11) is 0. The third-order valence-corrected chi connectivity index (χ3v) is 2.65. The van der Waals surface area contributed by atoms with Crippen LogP contribution < -0.4 is 10.6 Å². The van der Waals surface area contributed by atoms with E-state index in [0.29, 0.717) is 0 Å². The van der Waals surface area contributed by atoms with Gasteiger partial charge in [0.05, 0.1) is 0 Å². The van der Waals surface area contributed by atoms with E-state index >= 15 is 0 Å². The van der Waals surface area contributed by atoms with Crippen molar-refractivity contribution in [1.29, 1.82) is 0 Å². The van der Waals surface area contributed by atoms with Gasteiger partial charge in [0, 0.05) is 18.9 Å². The van der Waals surface area contributed by atoms with Crippen molar-refractivity contribution in [2.45, 2.75) is 44.6 Å². The second-order valence-corrected chi connectivity index (χ2v) is 4.25. The van der Waals surface area contributed by atoms with Crippen LogP contribution in [0.25, 0.3) is 0 Å². The van der Waals surface area contributed by atoms with Gasteiger partial charge < -0.3 is 10.4 Å². The van der Waals surface area contributed by atoms with Crippen LogP contribution in [-0.2, 0) is 9.59 Å². The Morgan fingerprint density at radius 2 is 2.00 bits per heavy atom. The quantitative estimate of drug-likeness (QED) is 0.642. The van der Waals surface area contributed by atoms with Crippen LogP contribution in [0.15, 0.2) is 12.2 Å². The Morgan fingerprint density at radius 3 is 2.61 bits per heavy atom. The van der Waals surface area contributed by atoms with E-state index in [1.54, 1.807) is 0 Å². The third-order valence-electron chi connectivity index (χ3n) is 2.65. The van der Waals surface area contributed by atoms with E-state index in [-0.39, 0.29) is 25.3 Å². The van der Waals surface area contributed by atoms with Gasteiger partial charge in [-0.25, -0.2) is 4.79 Å². The smallest absolute Gasteiger partial charge is 0.321 e. The van der Waals surface area contributed by atoms with Gasteiger partial charge in [-0.15, -0.1) is 0 Å². The van der Waals surface area contributed by atoms with Gasteiger partial charge in [-0.1, -0.05) is 12.2 Å². The van der Waals surface area contributed by atoms with Crippen molar-refractivity contribution in [3.63, 3.8) is 0 Å². The number of hydrogen-bond acceptors (Lipinski definition) is 3. The highest BCUT2D eigenvalue weighted by molar-refractivity contribution is 5.94. The van der Waals surface area contributed by atoms with Gasteiger partial charge in [-0.05, 0) is 25.7 Å². The maximum absolute atomic E-state index is 11.4. The van der Waals surface area contributed by atoms with Crippen LogP contribution in [0.1, 0.15) is 38.5 Å². The lowest BCUT2D eigenvalue weighted by molar-refractivity contribution is -0.137. The zero-order valence-electron chi connectivity index (χ0n) is 10.1. The Balaban J connectivity index is 2.16. The van der Waals surface area contributed by atoms with Crippen molar-refractivity contribution < 1.29 is 19.5 Å². The molecule has 1 rings (SSSR count). The number of allylic oxidation sites excluding steroid dienone is 1. The maximum Gasteiger partial charge on any atom is 0.321 e. The first-order chi connectivity index (χ1) is 8.58. The number of carbonyl (C=O) groups is 3. The van der Waals surface area contributed by atoms with E-state index in [9.17, 15) is 14.4 Å². The lowest BCUT2D eigenvalue weighted by atomic mass is 10.0. The zero-order valence-corrected chi connectivity index (χ0v) is 10.1. The molecular formula is C12H18N2O4. The predicted octanol–water partition coefficient (Wildman–Crippen LogP) is 1.18. The van der Waals surface area contributed by atoms with E-state index in [4.69, 9.17) is 5.11 Å². The molecule has 0 radical (unpaired) electrons. The second kappa shape index (κ2) is 7.47. The summed E-state index contributed by atoms with van der Waals surface area (Å²) in [5, 5.41) is 13.3. The minimum absolute atomic E-state index is 0.0459.